The standard InChI is InChI=1S/C16H22BrNO/c1-3-13-5-4-9-18(10-8-13)16(19)14-7-6-12(2)11-15(14)17/h6-7,11,13H,3-5,8-10H2,1-2H3. The highest BCUT2D eigenvalue weighted by molar-refractivity contribution is 9.10. The second-order valence-electron chi connectivity index (χ2n) is 5.48. The van der Waals surface area contributed by atoms with Gasteiger partial charge in [0.2, 0.25) is 0 Å². The number of nitrogens with zero attached hydrogens (tertiary/aromatic N) is 1. The van der Waals surface area contributed by atoms with Gasteiger partial charge in [-0.25, -0.2) is 0 Å². The smallest absolute Gasteiger partial charge is 0.254 e. The Labute approximate surface area is 124 Å². The van der Waals surface area contributed by atoms with E-state index in [1.54, 1.807) is 0 Å². The van der Waals surface area contributed by atoms with Crippen molar-refractivity contribution in [3.05, 3.63) is 33.8 Å². The van der Waals surface area contributed by atoms with E-state index in [9.17, 15) is 4.79 Å². The van der Waals surface area contributed by atoms with Crippen LogP contribution in [0.1, 0.15) is 48.5 Å². The molecule has 3 heteroatoms. The highest BCUT2D eigenvalue weighted by atomic mass is 79.9. The van der Waals surface area contributed by atoms with E-state index >= 15 is 0 Å². The number of rotatable bonds is 2. The molecule has 2 nitrogen and oxygen atoms in total. The number of hydrogen-bond donors (Lipinski definition) is 0. The first-order valence-corrected chi connectivity index (χ1v) is 7.96. The minimum atomic E-state index is 0.170. The summed E-state index contributed by atoms with van der Waals surface area (Å²) in [6.07, 6.45) is 4.77. The van der Waals surface area contributed by atoms with Gasteiger partial charge in [-0.2, -0.15) is 0 Å². The maximum absolute atomic E-state index is 12.6. The van der Waals surface area contributed by atoms with E-state index in [-0.39, 0.29) is 5.91 Å². The van der Waals surface area contributed by atoms with Crippen LogP contribution in [0.5, 0.6) is 0 Å². The van der Waals surface area contributed by atoms with Crippen LogP contribution < -0.4 is 0 Å². The summed E-state index contributed by atoms with van der Waals surface area (Å²) in [6, 6.07) is 5.95. The molecule has 1 fully saturated rings. The molecule has 0 aromatic heterocycles. The molecule has 19 heavy (non-hydrogen) atoms. The highest BCUT2D eigenvalue weighted by Crippen LogP contribution is 2.24. The molecule has 0 radical (unpaired) electrons. The number of halogens is 1. The fraction of sp³-hybridized carbons (Fsp3) is 0.562. The molecule has 1 aliphatic heterocycles. The molecular weight excluding hydrogens is 302 g/mol. The van der Waals surface area contributed by atoms with Crippen LogP contribution in [0.25, 0.3) is 0 Å². The van der Waals surface area contributed by atoms with Crippen LogP contribution in [-0.2, 0) is 0 Å². The molecular formula is C16H22BrNO. The number of benzene rings is 1. The Morgan fingerprint density at radius 1 is 1.37 bits per heavy atom. The van der Waals surface area contributed by atoms with E-state index in [4.69, 9.17) is 0 Å². The summed E-state index contributed by atoms with van der Waals surface area (Å²) in [6.45, 7) is 6.09. The van der Waals surface area contributed by atoms with Gasteiger partial charge in [0.05, 0.1) is 5.56 Å². The molecule has 1 amide bonds. The van der Waals surface area contributed by atoms with Gasteiger partial charge in [0.1, 0.15) is 0 Å². The van der Waals surface area contributed by atoms with Gasteiger partial charge >= 0.3 is 0 Å². The molecule has 1 heterocycles. The fourth-order valence-corrected chi connectivity index (χ4v) is 3.40. The molecule has 1 saturated heterocycles. The Kier molecular flexibility index (Phi) is 5.03. The quantitative estimate of drug-likeness (QED) is 0.789. The Balaban J connectivity index is 2.10. The van der Waals surface area contributed by atoms with Crippen LogP contribution in [0.15, 0.2) is 22.7 Å². The lowest BCUT2D eigenvalue weighted by molar-refractivity contribution is 0.0759. The molecule has 1 aromatic carbocycles. The molecule has 0 bridgehead atoms. The van der Waals surface area contributed by atoms with Gasteiger partial charge in [0.25, 0.3) is 5.91 Å². The van der Waals surface area contributed by atoms with Gasteiger partial charge in [-0.3, -0.25) is 4.79 Å². The third-order valence-corrected chi connectivity index (χ3v) is 4.72. The van der Waals surface area contributed by atoms with Crippen molar-refractivity contribution in [1.29, 1.82) is 0 Å². The zero-order valence-corrected chi connectivity index (χ0v) is 13.4. The molecule has 0 spiro atoms. The second-order valence-corrected chi connectivity index (χ2v) is 6.34. The molecule has 1 aromatic rings. The zero-order valence-electron chi connectivity index (χ0n) is 11.8. The van der Waals surface area contributed by atoms with E-state index in [1.807, 2.05) is 30.0 Å². The molecule has 0 aliphatic carbocycles. The first-order chi connectivity index (χ1) is 9.11. The minimum Gasteiger partial charge on any atom is -0.339 e. The molecule has 0 N–H and O–H groups in total. The highest BCUT2D eigenvalue weighted by Gasteiger charge is 2.22. The van der Waals surface area contributed by atoms with Crippen molar-refractivity contribution >= 4 is 21.8 Å². The molecule has 1 unspecified atom stereocenters. The Morgan fingerprint density at radius 2 is 2.16 bits per heavy atom. The number of aryl methyl sites for hydroxylation is 1. The molecule has 104 valence electrons. The second kappa shape index (κ2) is 6.56. The van der Waals surface area contributed by atoms with E-state index in [1.165, 1.54) is 18.4 Å². The number of likely N-dealkylation sites (tertiary alicyclic amines) is 1. The molecule has 2 rings (SSSR count). The average Bonchev–Trinajstić information content (AvgIpc) is 2.63. The third-order valence-electron chi connectivity index (χ3n) is 4.07. The van der Waals surface area contributed by atoms with Crippen LogP contribution in [0.4, 0.5) is 0 Å². The minimum absolute atomic E-state index is 0.170. The first-order valence-electron chi connectivity index (χ1n) is 7.17. The Hall–Kier alpha value is -0.830. The van der Waals surface area contributed by atoms with Crippen molar-refractivity contribution in [3.63, 3.8) is 0 Å². The lowest BCUT2D eigenvalue weighted by Gasteiger charge is -2.21. The number of amides is 1. The van der Waals surface area contributed by atoms with Crippen molar-refractivity contribution in [1.82, 2.24) is 4.90 Å². The van der Waals surface area contributed by atoms with Gasteiger partial charge in [-0.05, 0) is 65.7 Å². The van der Waals surface area contributed by atoms with Crippen molar-refractivity contribution < 1.29 is 4.79 Å². The summed E-state index contributed by atoms with van der Waals surface area (Å²) in [4.78, 5) is 14.6. The lowest BCUT2D eigenvalue weighted by atomic mass is 9.98. The van der Waals surface area contributed by atoms with E-state index in [2.05, 4.69) is 22.9 Å². The number of carbonyl (C=O) groups excluding carboxylic acids is 1. The van der Waals surface area contributed by atoms with E-state index < -0.39 is 0 Å². The Bertz CT molecular complexity index is 458. The average molecular weight is 324 g/mol. The van der Waals surface area contributed by atoms with Crippen molar-refractivity contribution in [2.24, 2.45) is 5.92 Å². The summed E-state index contributed by atoms with van der Waals surface area (Å²) < 4.78 is 0.911. The molecule has 0 saturated carbocycles. The van der Waals surface area contributed by atoms with Gasteiger partial charge in [-0.1, -0.05) is 19.4 Å². The molecule has 1 aliphatic rings. The Morgan fingerprint density at radius 3 is 2.84 bits per heavy atom. The predicted octanol–water partition coefficient (Wildman–Crippen LogP) is 4.41. The van der Waals surface area contributed by atoms with Crippen LogP contribution in [0.3, 0.4) is 0 Å². The van der Waals surface area contributed by atoms with E-state index in [0.29, 0.717) is 0 Å². The maximum atomic E-state index is 12.6. The summed E-state index contributed by atoms with van der Waals surface area (Å²) in [5.74, 6) is 0.961. The monoisotopic (exact) mass is 323 g/mol. The largest absolute Gasteiger partial charge is 0.339 e. The molecule has 1 atom stereocenters. The van der Waals surface area contributed by atoms with E-state index in [0.717, 1.165) is 41.9 Å². The zero-order chi connectivity index (χ0) is 13.8. The van der Waals surface area contributed by atoms with Gasteiger partial charge < -0.3 is 4.90 Å². The lowest BCUT2D eigenvalue weighted by Crippen LogP contribution is -2.32. The number of hydrogen-bond acceptors (Lipinski definition) is 1. The van der Waals surface area contributed by atoms with Crippen LogP contribution in [0.2, 0.25) is 0 Å². The SMILES string of the molecule is CCC1CCCN(C(=O)c2ccc(C)cc2Br)CC1. The first kappa shape index (κ1) is 14.6. The van der Waals surface area contributed by atoms with Crippen molar-refractivity contribution in [2.45, 2.75) is 39.5 Å². The predicted molar refractivity (Wildman–Crippen MR) is 82.4 cm³/mol. The van der Waals surface area contributed by atoms with Gasteiger partial charge in [-0.15, -0.1) is 0 Å². The number of carbonyl (C=O) groups is 1. The van der Waals surface area contributed by atoms with Gasteiger partial charge in [0, 0.05) is 17.6 Å². The van der Waals surface area contributed by atoms with Crippen molar-refractivity contribution in [2.75, 3.05) is 13.1 Å². The van der Waals surface area contributed by atoms with Crippen molar-refractivity contribution in [3.8, 4) is 0 Å². The summed E-state index contributed by atoms with van der Waals surface area (Å²) in [7, 11) is 0. The summed E-state index contributed by atoms with van der Waals surface area (Å²) >= 11 is 3.51. The fourth-order valence-electron chi connectivity index (χ4n) is 2.74. The van der Waals surface area contributed by atoms with Crippen LogP contribution in [-0.4, -0.2) is 23.9 Å². The van der Waals surface area contributed by atoms with Gasteiger partial charge in [0.15, 0.2) is 0 Å². The maximum Gasteiger partial charge on any atom is 0.254 e. The topological polar surface area (TPSA) is 20.3 Å². The van der Waals surface area contributed by atoms with Crippen LogP contribution in [0, 0.1) is 12.8 Å². The normalized spacial score (nSPS) is 20.2. The summed E-state index contributed by atoms with van der Waals surface area (Å²) in [5, 5.41) is 0. The summed E-state index contributed by atoms with van der Waals surface area (Å²) in [5.41, 5.74) is 1.96. The van der Waals surface area contributed by atoms with Crippen LogP contribution >= 0.6 is 15.9 Å². The third kappa shape index (κ3) is 3.59.